The summed E-state index contributed by atoms with van der Waals surface area (Å²) in [6, 6.07) is 44.6. The van der Waals surface area contributed by atoms with Crippen molar-refractivity contribution in [3.63, 3.8) is 0 Å². The third-order valence-corrected chi connectivity index (χ3v) is 11.7. The van der Waals surface area contributed by atoms with Crippen LogP contribution >= 0.6 is 11.3 Å². The van der Waals surface area contributed by atoms with E-state index in [4.69, 9.17) is 1.37 Å². The summed E-state index contributed by atoms with van der Waals surface area (Å²) in [7, 11) is -1.23. The Morgan fingerprint density at radius 1 is 0.702 bits per heavy atom. The molecule has 8 aromatic rings. The summed E-state index contributed by atoms with van der Waals surface area (Å²) in [6.45, 7) is 10.8. The topological polar surface area (TPSA) is 25.8 Å². The second-order valence-electron chi connectivity index (χ2n) is 12.9. The molecule has 0 fully saturated rings. The Morgan fingerprint density at radius 3 is 2.26 bits per heavy atom. The normalized spacial score (nSPS) is 12.1. The Kier molecular flexibility index (Phi) is 9.16. The number of aromatic nitrogens is 2. The van der Waals surface area contributed by atoms with Gasteiger partial charge < -0.3 is 9.97 Å². The number of benzene rings is 5. The maximum absolute atomic E-state index is 8.40. The van der Waals surface area contributed by atoms with Crippen LogP contribution in [0.1, 0.15) is 26.7 Å². The summed E-state index contributed by atoms with van der Waals surface area (Å²) in [5.74, 6) is -0.662. The zero-order chi connectivity index (χ0) is 32.8. The van der Waals surface area contributed by atoms with E-state index in [9.17, 15) is 0 Å². The first-order valence-electron chi connectivity index (χ1n) is 16.2. The van der Waals surface area contributed by atoms with Crippen molar-refractivity contribution in [3.8, 4) is 22.5 Å². The van der Waals surface area contributed by atoms with Gasteiger partial charge in [-0.05, 0) is 72.3 Å². The molecule has 0 bridgehead atoms. The largest absolute Gasteiger partial charge is 0.305 e. The standard InChI is InChI=1S/C28H20NS.C14H16NSi.Ir/c1-17(2)19-12-13-29-26(15-19)23-9-5-8-22-25-14-20-11-10-18-6-3-4-7-21(18)24(20)16-27(25)30-28(22)23;1-16(2,3)13-9-10-14(15-11-13)12-7-5-4-6-8-12;/h3-8,10-17H,1-2H3;4-7,9-11H,1-3H3;/q2*-1;/i17D;;. The first-order valence-corrected chi connectivity index (χ1v) is 20.0. The SMILES string of the molecule is C[Si](C)(C)c1ccc(-c2[c-]cccc2)nc1.[2H]C(C)(C)c1ccnc(-c2[c-]ccc3c2sc2cc4c(ccc5ccccc54)cc23)c1.[Ir]. The molecule has 0 unspecified atom stereocenters. The molecule has 47 heavy (non-hydrogen) atoms. The number of rotatable bonds is 4. The van der Waals surface area contributed by atoms with E-state index in [0.717, 1.165) is 28.1 Å². The van der Waals surface area contributed by atoms with E-state index in [0.29, 0.717) is 0 Å². The van der Waals surface area contributed by atoms with Crippen molar-refractivity contribution in [1.82, 2.24) is 9.97 Å². The zero-order valence-electron chi connectivity index (χ0n) is 28.2. The minimum Gasteiger partial charge on any atom is -0.305 e. The van der Waals surface area contributed by atoms with Crippen molar-refractivity contribution in [3.05, 3.63) is 139 Å². The third kappa shape index (κ3) is 6.72. The van der Waals surface area contributed by atoms with Gasteiger partial charge >= 0.3 is 0 Å². The molecular weight excluding hydrogens is 785 g/mol. The Hall–Kier alpha value is -3.99. The molecule has 0 aliphatic rings. The van der Waals surface area contributed by atoms with Gasteiger partial charge in [0.05, 0.1) is 8.07 Å². The Bertz CT molecular complexity index is 2370. The number of nitrogens with zero attached hydrogens (tertiary/aromatic N) is 2. The summed E-state index contributed by atoms with van der Waals surface area (Å²) < 4.78 is 10.9. The van der Waals surface area contributed by atoms with E-state index in [1.54, 1.807) is 17.5 Å². The van der Waals surface area contributed by atoms with Crippen LogP contribution in [0.5, 0.6) is 0 Å². The van der Waals surface area contributed by atoms with Gasteiger partial charge in [0.15, 0.2) is 0 Å². The molecule has 1 radical (unpaired) electrons. The van der Waals surface area contributed by atoms with E-state index < -0.39 is 14.0 Å². The molecule has 0 amide bonds. The maximum atomic E-state index is 8.40. The van der Waals surface area contributed by atoms with E-state index >= 15 is 0 Å². The molecule has 5 heteroatoms. The van der Waals surface area contributed by atoms with Gasteiger partial charge in [0.25, 0.3) is 0 Å². The molecule has 5 aromatic carbocycles. The molecule has 0 aliphatic heterocycles. The summed E-state index contributed by atoms with van der Waals surface area (Å²) in [4.78, 5) is 9.15. The minimum atomic E-state index is -1.23. The number of fused-ring (bicyclic) bond motifs is 6. The summed E-state index contributed by atoms with van der Waals surface area (Å²) in [5.41, 5.74) is 4.91. The number of pyridine rings is 2. The van der Waals surface area contributed by atoms with Crippen LogP contribution in [0.3, 0.4) is 0 Å². The summed E-state index contributed by atoms with van der Waals surface area (Å²) >= 11 is 1.80. The van der Waals surface area contributed by atoms with Crippen LogP contribution in [0.15, 0.2) is 122 Å². The van der Waals surface area contributed by atoms with Crippen LogP contribution in [-0.4, -0.2) is 18.0 Å². The molecule has 8 rings (SSSR count). The molecule has 0 aliphatic carbocycles. The monoisotopic (exact) mass is 822 g/mol. The van der Waals surface area contributed by atoms with Crippen LogP contribution in [0, 0.1) is 12.1 Å². The smallest absolute Gasteiger partial charge is 0.0795 e. The number of hydrogen-bond acceptors (Lipinski definition) is 3. The Morgan fingerprint density at radius 2 is 1.51 bits per heavy atom. The fourth-order valence-electron chi connectivity index (χ4n) is 5.86. The van der Waals surface area contributed by atoms with Crippen LogP contribution in [0.25, 0.3) is 64.2 Å². The van der Waals surface area contributed by atoms with Crippen LogP contribution in [0.4, 0.5) is 0 Å². The molecule has 235 valence electrons. The molecule has 0 spiro atoms. The van der Waals surface area contributed by atoms with Crippen LogP contribution in [0.2, 0.25) is 19.6 Å². The van der Waals surface area contributed by atoms with Crippen molar-refractivity contribution in [2.75, 3.05) is 0 Å². The maximum Gasteiger partial charge on any atom is 0.0795 e. The van der Waals surface area contributed by atoms with Crippen molar-refractivity contribution in [2.45, 2.75) is 39.4 Å². The number of hydrogen-bond donors (Lipinski definition) is 0. The minimum absolute atomic E-state index is 0. The van der Waals surface area contributed by atoms with Gasteiger partial charge in [0, 0.05) is 38.6 Å². The summed E-state index contributed by atoms with van der Waals surface area (Å²) in [5, 5.41) is 9.01. The predicted molar refractivity (Wildman–Crippen MR) is 202 cm³/mol. The average Bonchev–Trinajstić information content (AvgIpc) is 3.45. The molecule has 0 saturated carbocycles. The van der Waals surface area contributed by atoms with Gasteiger partial charge in [-0.2, -0.15) is 11.3 Å². The van der Waals surface area contributed by atoms with E-state index in [1.807, 2.05) is 62.5 Å². The van der Waals surface area contributed by atoms with Gasteiger partial charge in [0.1, 0.15) is 0 Å². The van der Waals surface area contributed by atoms with Crippen LogP contribution in [-0.2, 0) is 20.1 Å². The average molecular weight is 822 g/mol. The van der Waals surface area contributed by atoms with E-state index in [1.165, 1.54) is 46.9 Å². The van der Waals surface area contributed by atoms with E-state index in [-0.39, 0.29) is 20.1 Å². The molecule has 0 atom stereocenters. The molecule has 0 saturated heterocycles. The molecule has 3 heterocycles. The fourth-order valence-corrected chi connectivity index (χ4v) is 8.12. The first-order chi connectivity index (χ1) is 22.6. The van der Waals surface area contributed by atoms with Gasteiger partial charge in [-0.15, -0.1) is 59.7 Å². The van der Waals surface area contributed by atoms with Crippen LogP contribution < -0.4 is 5.19 Å². The van der Waals surface area contributed by atoms with Crippen molar-refractivity contribution < 1.29 is 21.5 Å². The first kappa shape index (κ1) is 31.6. The third-order valence-electron chi connectivity index (χ3n) is 8.50. The fraction of sp³-hybridized carbons (Fsp3) is 0.143. The van der Waals surface area contributed by atoms with Gasteiger partial charge in [-0.3, -0.25) is 0 Å². The Labute approximate surface area is 297 Å². The second-order valence-corrected chi connectivity index (χ2v) is 19.1. The number of thiophene rings is 1. The van der Waals surface area contributed by atoms with Crippen molar-refractivity contribution in [1.29, 1.82) is 0 Å². The second kappa shape index (κ2) is 13.6. The molecule has 3 aromatic heterocycles. The Balaban J connectivity index is 0.000000201. The molecule has 2 nitrogen and oxygen atoms in total. The molecule has 0 N–H and O–H groups in total. The van der Waals surface area contributed by atoms with Gasteiger partial charge in [0.2, 0.25) is 0 Å². The molecular formula is C42H36IrN2SSi-2. The zero-order valence-corrected chi connectivity index (χ0v) is 31.4. The predicted octanol–water partition coefficient (Wildman–Crippen LogP) is 11.4. The quantitative estimate of drug-likeness (QED) is 0.100. The van der Waals surface area contributed by atoms with Gasteiger partial charge in [-0.25, -0.2) is 0 Å². The van der Waals surface area contributed by atoms with Crippen molar-refractivity contribution in [2.24, 2.45) is 0 Å². The summed E-state index contributed by atoms with van der Waals surface area (Å²) in [6.07, 6.45) is 3.82. The van der Waals surface area contributed by atoms with Crippen molar-refractivity contribution >= 4 is 66.3 Å². The van der Waals surface area contributed by atoms with E-state index in [2.05, 4.69) is 108 Å². The van der Waals surface area contributed by atoms with Gasteiger partial charge in [-0.1, -0.05) is 99.0 Å².